The molecule has 1 heterocycles. The van der Waals surface area contributed by atoms with Crippen LogP contribution in [0.5, 0.6) is 0 Å². The Morgan fingerprint density at radius 1 is 1.19 bits per heavy atom. The van der Waals surface area contributed by atoms with Crippen molar-refractivity contribution in [3.63, 3.8) is 0 Å². The first-order chi connectivity index (χ1) is 12.6. The van der Waals surface area contributed by atoms with Crippen molar-refractivity contribution in [1.29, 1.82) is 0 Å². The fraction of sp³-hybridized carbons (Fsp3) is 0.526. The largest absolute Gasteiger partial charge is 0.479 e. The van der Waals surface area contributed by atoms with E-state index in [4.69, 9.17) is 5.11 Å². The summed E-state index contributed by atoms with van der Waals surface area (Å²) in [6.07, 6.45) is 1.08. The van der Waals surface area contributed by atoms with Crippen LogP contribution in [0.1, 0.15) is 37.6 Å². The van der Waals surface area contributed by atoms with E-state index in [2.05, 4.69) is 24.5 Å². The van der Waals surface area contributed by atoms with Crippen LogP contribution in [0.25, 0.3) is 0 Å². The summed E-state index contributed by atoms with van der Waals surface area (Å²) in [6.45, 7) is 6.19. The zero-order valence-corrected chi connectivity index (χ0v) is 15.9. The molecule has 1 aliphatic rings. The normalized spacial score (nSPS) is 21.9. The molecule has 0 spiro atoms. The molecule has 2 rings (SSSR count). The van der Waals surface area contributed by atoms with Gasteiger partial charge in [-0.3, -0.25) is 4.79 Å². The molecule has 148 valence electrons. The lowest BCUT2D eigenvalue weighted by molar-refractivity contribution is -0.155. The predicted molar refractivity (Wildman–Crippen MR) is 101 cm³/mol. The van der Waals surface area contributed by atoms with Gasteiger partial charge in [0.05, 0.1) is 17.8 Å². The summed E-state index contributed by atoms with van der Waals surface area (Å²) < 4.78 is 0. The van der Waals surface area contributed by atoms with E-state index in [1.165, 1.54) is 0 Å². The molecule has 8 heteroatoms. The quantitative estimate of drug-likeness (QED) is 0.623. The monoisotopic (exact) mass is 377 g/mol. The molecule has 0 radical (unpaired) electrons. The Hall–Kier alpha value is -2.61. The Labute approximate surface area is 158 Å². The third-order valence-corrected chi connectivity index (χ3v) is 4.62. The Morgan fingerprint density at radius 2 is 1.78 bits per heavy atom. The standard InChI is InChI=1S/C19H27N3O5/c1-12-8-13(2)10-22(9-12)16(23)14-6-4-5-7-15(14)21-18(26)20-11-19(3,27)17(24)25/h4-7,12-13,27H,8-11H2,1-3H3,(H,24,25)(H2,20,21,26). The molecule has 1 saturated heterocycles. The highest BCUT2D eigenvalue weighted by atomic mass is 16.4. The lowest BCUT2D eigenvalue weighted by Gasteiger charge is -2.35. The molecule has 8 nitrogen and oxygen atoms in total. The SMILES string of the molecule is CC1CC(C)CN(C(=O)c2ccccc2NC(=O)NCC(C)(O)C(=O)O)C1. The molecule has 3 atom stereocenters. The van der Waals surface area contributed by atoms with Crippen molar-refractivity contribution in [2.45, 2.75) is 32.8 Å². The van der Waals surface area contributed by atoms with Crippen LogP contribution in [0.4, 0.5) is 10.5 Å². The number of urea groups is 1. The lowest BCUT2D eigenvalue weighted by Crippen LogP contribution is -2.47. The van der Waals surface area contributed by atoms with E-state index in [-0.39, 0.29) is 5.91 Å². The summed E-state index contributed by atoms with van der Waals surface area (Å²) in [5.74, 6) is -0.757. The molecule has 0 aromatic heterocycles. The smallest absolute Gasteiger partial charge is 0.337 e. The molecular weight excluding hydrogens is 350 g/mol. The molecule has 0 bridgehead atoms. The van der Waals surface area contributed by atoms with E-state index < -0.39 is 24.1 Å². The maximum atomic E-state index is 12.9. The molecule has 27 heavy (non-hydrogen) atoms. The molecule has 0 saturated carbocycles. The molecule has 1 aromatic carbocycles. The summed E-state index contributed by atoms with van der Waals surface area (Å²) in [4.78, 5) is 37.7. The van der Waals surface area contributed by atoms with Crippen LogP contribution in [-0.4, -0.2) is 58.3 Å². The van der Waals surface area contributed by atoms with E-state index in [1.54, 1.807) is 29.2 Å². The van der Waals surface area contributed by atoms with Crippen LogP contribution in [-0.2, 0) is 4.79 Å². The van der Waals surface area contributed by atoms with Crippen molar-refractivity contribution in [2.75, 3.05) is 25.0 Å². The number of piperidine rings is 1. The van der Waals surface area contributed by atoms with Crippen LogP contribution in [0.3, 0.4) is 0 Å². The van der Waals surface area contributed by atoms with Crippen molar-refractivity contribution in [3.8, 4) is 0 Å². The number of carbonyl (C=O) groups is 3. The number of hydrogen-bond acceptors (Lipinski definition) is 4. The average Bonchev–Trinajstić information content (AvgIpc) is 2.59. The number of benzene rings is 1. The highest BCUT2D eigenvalue weighted by Crippen LogP contribution is 2.25. The molecule has 1 aliphatic heterocycles. The second-order valence-electron chi connectivity index (χ2n) is 7.59. The average molecular weight is 377 g/mol. The van der Waals surface area contributed by atoms with Gasteiger partial charge in [0.1, 0.15) is 0 Å². The Morgan fingerprint density at radius 3 is 2.37 bits per heavy atom. The number of rotatable bonds is 5. The van der Waals surface area contributed by atoms with E-state index in [9.17, 15) is 19.5 Å². The summed E-state index contributed by atoms with van der Waals surface area (Å²) in [6, 6.07) is 5.98. The molecule has 3 unspecified atom stereocenters. The summed E-state index contributed by atoms with van der Waals surface area (Å²) in [5.41, 5.74) is -1.37. The number of amides is 3. The van der Waals surface area contributed by atoms with Gasteiger partial charge in [-0.15, -0.1) is 0 Å². The topological polar surface area (TPSA) is 119 Å². The molecule has 0 aliphatic carbocycles. The van der Waals surface area contributed by atoms with Gasteiger partial charge < -0.3 is 25.7 Å². The van der Waals surface area contributed by atoms with Crippen molar-refractivity contribution in [2.24, 2.45) is 11.8 Å². The van der Waals surface area contributed by atoms with Crippen LogP contribution >= 0.6 is 0 Å². The minimum absolute atomic E-state index is 0.151. The number of anilines is 1. The number of nitrogens with zero attached hydrogens (tertiary/aromatic N) is 1. The first kappa shape index (κ1) is 20.7. The third-order valence-electron chi connectivity index (χ3n) is 4.62. The van der Waals surface area contributed by atoms with Gasteiger partial charge >= 0.3 is 12.0 Å². The number of likely N-dealkylation sites (tertiary alicyclic amines) is 1. The first-order valence-corrected chi connectivity index (χ1v) is 8.99. The summed E-state index contributed by atoms with van der Waals surface area (Å²) in [5, 5.41) is 23.4. The summed E-state index contributed by atoms with van der Waals surface area (Å²) >= 11 is 0. The third kappa shape index (κ3) is 5.43. The van der Waals surface area contributed by atoms with Gasteiger partial charge in [0.15, 0.2) is 5.60 Å². The number of carbonyl (C=O) groups excluding carboxylic acids is 2. The Kier molecular flexibility index (Phi) is 6.43. The highest BCUT2D eigenvalue weighted by Gasteiger charge is 2.31. The molecule has 3 amide bonds. The number of aliphatic carboxylic acids is 1. The van der Waals surface area contributed by atoms with Gasteiger partial charge in [0, 0.05) is 13.1 Å². The number of aliphatic hydroxyl groups is 1. The Balaban J connectivity index is 2.08. The number of nitrogens with one attached hydrogen (secondary N) is 2. The Bertz CT molecular complexity index is 709. The predicted octanol–water partition coefficient (Wildman–Crippen LogP) is 1.76. The zero-order valence-electron chi connectivity index (χ0n) is 15.9. The number of carboxylic acid groups (broad SMARTS) is 1. The van der Waals surface area contributed by atoms with Crippen molar-refractivity contribution in [1.82, 2.24) is 10.2 Å². The maximum absolute atomic E-state index is 12.9. The van der Waals surface area contributed by atoms with Gasteiger partial charge in [0.25, 0.3) is 5.91 Å². The van der Waals surface area contributed by atoms with E-state index in [1.807, 2.05) is 0 Å². The fourth-order valence-electron chi connectivity index (χ4n) is 3.27. The molecular formula is C19H27N3O5. The van der Waals surface area contributed by atoms with Crippen molar-refractivity contribution < 1.29 is 24.6 Å². The number of hydrogen-bond donors (Lipinski definition) is 4. The van der Waals surface area contributed by atoms with Crippen molar-refractivity contribution in [3.05, 3.63) is 29.8 Å². The minimum Gasteiger partial charge on any atom is -0.479 e. The number of carboxylic acids is 1. The zero-order chi connectivity index (χ0) is 20.2. The van der Waals surface area contributed by atoms with E-state index in [0.717, 1.165) is 13.3 Å². The second kappa shape index (κ2) is 8.39. The van der Waals surface area contributed by atoms with Gasteiger partial charge in [-0.2, -0.15) is 0 Å². The van der Waals surface area contributed by atoms with Crippen molar-refractivity contribution >= 4 is 23.6 Å². The van der Waals surface area contributed by atoms with Crippen LogP contribution in [0.2, 0.25) is 0 Å². The van der Waals surface area contributed by atoms with Gasteiger partial charge in [-0.25, -0.2) is 9.59 Å². The lowest BCUT2D eigenvalue weighted by atomic mass is 9.91. The molecule has 4 N–H and O–H groups in total. The minimum atomic E-state index is -2.08. The highest BCUT2D eigenvalue weighted by molar-refractivity contribution is 6.03. The van der Waals surface area contributed by atoms with Gasteiger partial charge in [0.2, 0.25) is 0 Å². The van der Waals surface area contributed by atoms with E-state index >= 15 is 0 Å². The van der Waals surface area contributed by atoms with E-state index in [0.29, 0.717) is 36.2 Å². The maximum Gasteiger partial charge on any atom is 0.337 e. The number of para-hydroxylation sites is 1. The second-order valence-corrected chi connectivity index (χ2v) is 7.59. The molecule has 1 aromatic rings. The molecule has 1 fully saturated rings. The van der Waals surface area contributed by atoms with Crippen LogP contribution in [0.15, 0.2) is 24.3 Å². The summed E-state index contributed by atoms with van der Waals surface area (Å²) in [7, 11) is 0. The first-order valence-electron chi connectivity index (χ1n) is 8.99. The van der Waals surface area contributed by atoms with Crippen LogP contribution < -0.4 is 10.6 Å². The van der Waals surface area contributed by atoms with Gasteiger partial charge in [-0.05, 0) is 37.3 Å². The fourth-order valence-corrected chi connectivity index (χ4v) is 3.27. The van der Waals surface area contributed by atoms with Gasteiger partial charge in [-0.1, -0.05) is 26.0 Å². The van der Waals surface area contributed by atoms with Crippen LogP contribution in [0, 0.1) is 11.8 Å².